The zero-order valence-electron chi connectivity index (χ0n) is 25.7. The Balaban J connectivity index is 1.39. The van der Waals surface area contributed by atoms with Crippen LogP contribution in [0.2, 0.25) is 10.0 Å². The molecular formula is C36H34Cl2N3O3S2+. The van der Waals surface area contributed by atoms with Crippen LogP contribution in [0.3, 0.4) is 0 Å². The summed E-state index contributed by atoms with van der Waals surface area (Å²) in [7, 11) is 2.03. The number of benzene rings is 3. The SMILES string of the molecule is CCN1C(=CC=C2CCC(C=Cc3sc4ccc(Cl)cc4[n+]3CC)=C2N(C)c2ccc(C(O)C(=O)O)cc2)Sc2ccc(Cl)cc21. The van der Waals surface area contributed by atoms with Gasteiger partial charge >= 0.3 is 5.97 Å². The van der Waals surface area contributed by atoms with Crippen LogP contribution in [0.15, 0.2) is 106 Å². The molecule has 2 heterocycles. The van der Waals surface area contributed by atoms with Crippen molar-refractivity contribution in [3.63, 3.8) is 0 Å². The lowest BCUT2D eigenvalue weighted by molar-refractivity contribution is -0.665. The number of aryl methyl sites for hydroxylation is 1. The number of carboxylic acids is 1. The third kappa shape index (κ3) is 6.37. The fraction of sp³-hybridized carbons (Fsp3) is 0.222. The van der Waals surface area contributed by atoms with Gasteiger partial charge < -0.3 is 20.0 Å². The summed E-state index contributed by atoms with van der Waals surface area (Å²) in [6, 6.07) is 19.1. The average molecular weight is 692 g/mol. The topological polar surface area (TPSA) is 67.9 Å². The van der Waals surface area contributed by atoms with Crippen molar-refractivity contribution >= 4 is 79.9 Å². The first-order chi connectivity index (χ1) is 22.2. The largest absolute Gasteiger partial charge is 0.479 e. The van der Waals surface area contributed by atoms with E-state index in [1.165, 1.54) is 20.7 Å². The zero-order chi connectivity index (χ0) is 32.5. The lowest BCUT2D eigenvalue weighted by atomic mass is 10.1. The molecule has 6 rings (SSSR count). The van der Waals surface area contributed by atoms with Crippen LogP contribution in [0, 0.1) is 0 Å². The molecule has 236 valence electrons. The maximum atomic E-state index is 11.3. The summed E-state index contributed by atoms with van der Waals surface area (Å²) >= 11 is 16.2. The second-order valence-corrected chi connectivity index (χ2v) is 14.0. The Hall–Kier alpha value is -3.53. The molecule has 46 heavy (non-hydrogen) atoms. The number of aromatic nitrogens is 1. The van der Waals surface area contributed by atoms with Crippen molar-refractivity contribution in [2.75, 3.05) is 23.4 Å². The monoisotopic (exact) mass is 690 g/mol. The number of nitrogens with zero attached hydrogens (tertiary/aromatic N) is 3. The van der Waals surface area contributed by atoms with E-state index in [-0.39, 0.29) is 0 Å². The Morgan fingerprint density at radius 3 is 2.48 bits per heavy atom. The lowest BCUT2D eigenvalue weighted by Crippen LogP contribution is -2.33. The van der Waals surface area contributed by atoms with E-state index in [0.717, 1.165) is 68.6 Å². The summed E-state index contributed by atoms with van der Waals surface area (Å²) < 4.78 is 3.48. The minimum atomic E-state index is -1.56. The standard InChI is InChI=1S/C36H33Cl2N3O3S2/c1-4-40-28-20-25(37)12-16-30(28)45-32(40)18-10-22-6-7-23(11-19-33-41(5-2)29-21-26(38)13-17-31(29)46-33)34(22)39(3)27-14-8-24(9-15-27)35(42)36(43)44/h8-21,35,42H,4-7H2,1-3H3/p+1. The second kappa shape index (κ2) is 13.7. The molecule has 0 fully saturated rings. The highest BCUT2D eigenvalue weighted by Gasteiger charge is 2.26. The third-order valence-electron chi connectivity index (χ3n) is 8.31. The van der Waals surface area contributed by atoms with E-state index in [0.29, 0.717) is 5.56 Å². The van der Waals surface area contributed by atoms with Gasteiger partial charge in [-0.25, -0.2) is 4.79 Å². The van der Waals surface area contributed by atoms with Crippen LogP contribution in [-0.2, 0) is 11.3 Å². The number of thioether (sulfide) groups is 1. The number of likely N-dealkylation sites (N-methyl/N-ethyl adjacent to an activating group) is 1. The molecule has 4 aromatic rings. The van der Waals surface area contributed by atoms with E-state index in [2.05, 4.69) is 64.7 Å². The van der Waals surface area contributed by atoms with Crippen molar-refractivity contribution in [1.82, 2.24) is 0 Å². The summed E-state index contributed by atoms with van der Waals surface area (Å²) in [4.78, 5) is 17.0. The van der Waals surface area contributed by atoms with Crippen LogP contribution in [0.1, 0.15) is 43.4 Å². The summed E-state index contributed by atoms with van der Waals surface area (Å²) in [5.74, 6) is -1.27. The Labute approximate surface area is 287 Å². The van der Waals surface area contributed by atoms with Crippen molar-refractivity contribution in [3.8, 4) is 0 Å². The molecule has 2 aliphatic rings. The highest BCUT2D eigenvalue weighted by atomic mass is 35.5. The third-order valence-corrected chi connectivity index (χ3v) is 11.0. The van der Waals surface area contributed by atoms with Crippen LogP contribution in [0.5, 0.6) is 0 Å². The Kier molecular flexibility index (Phi) is 9.64. The van der Waals surface area contributed by atoms with Gasteiger partial charge in [0.05, 0.1) is 10.7 Å². The zero-order valence-corrected chi connectivity index (χ0v) is 28.9. The van der Waals surface area contributed by atoms with E-state index < -0.39 is 12.1 Å². The fourth-order valence-electron chi connectivity index (χ4n) is 6.01. The van der Waals surface area contributed by atoms with E-state index in [1.807, 2.05) is 43.4 Å². The number of aliphatic carboxylic acids is 1. The van der Waals surface area contributed by atoms with Gasteiger partial charge in [0.1, 0.15) is 11.2 Å². The van der Waals surface area contributed by atoms with Crippen molar-refractivity contribution in [1.29, 1.82) is 0 Å². The fourth-order valence-corrected chi connectivity index (χ4v) is 8.56. The van der Waals surface area contributed by atoms with Gasteiger partial charge in [-0.1, -0.05) is 64.5 Å². The lowest BCUT2D eigenvalue weighted by Gasteiger charge is -2.24. The smallest absolute Gasteiger partial charge is 0.337 e. The number of hydrogen-bond acceptors (Lipinski definition) is 6. The minimum absolute atomic E-state index is 0.345. The van der Waals surface area contributed by atoms with Gasteiger partial charge in [0.2, 0.25) is 5.52 Å². The number of fused-ring (bicyclic) bond motifs is 2. The van der Waals surface area contributed by atoms with Crippen molar-refractivity contribution in [3.05, 3.63) is 121 Å². The number of anilines is 2. The van der Waals surface area contributed by atoms with E-state index in [4.69, 9.17) is 23.2 Å². The first-order valence-electron chi connectivity index (χ1n) is 15.1. The molecule has 2 N–H and O–H groups in total. The van der Waals surface area contributed by atoms with E-state index >= 15 is 0 Å². The van der Waals surface area contributed by atoms with E-state index in [1.54, 1.807) is 35.2 Å². The Morgan fingerprint density at radius 2 is 1.76 bits per heavy atom. The second-order valence-electron chi connectivity index (χ2n) is 11.1. The molecule has 0 saturated carbocycles. The molecule has 1 aliphatic heterocycles. The van der Waals surface area contributed by atoms with Crippen molar-refractivity contribution < 1.29 is 19.6 Å². The number of halogens is 2. The summed E-state index contributed by atoms with van der Waals surface area (Å²) in [5.41, 5.74) is 7.03. The van der Waals surface area contributed by atoms with Crippen LogP contribution in [-0.4, -0.2) is 29.8 Å². The number of allylic oxidation sites excluding steroid dienone is 5. The number of carboxylic acid groups (broad SMARTS) is 1. The summed E-state index contributed by atoms with van der Waals surface area (Å²) in [6.45, 7) is 5.95. The molecule has 3 aromatic carbocycles. The van der Waals surface area contributed by atoms with Gasteiger partial charge in [0.25, 0.3) is 5.01 Å². The van der Waals surface area contributed by atoms with Gasteiger partial charge in [-0.2, -0.15) is 4.57 Å². The number of aliphatic hydroxyl groups is 1. The van der Waals surface area contributed by atoms with Gasteiger partial charge in [0.15, 0.2) is 6.10 Å². The molecule has 10 heteroatoms. The van der Waals surface area contributed by atoms with Gasteiger partial charge in [-0.15, -0.1) is 0 Å². The molecule has 1 atom stereocenters. The van der Waals surface area contributed by atoms with Crippen molar-refractivity contribution in [2.45, 2.75) is 44.2 Å². The minimum Gasteiger partial charge on any atom is -0.479 e. The molecule has 0 amide bonds. The maximum absolute atomic E-state index is 11.3. The predicted octanol–water partition coefficient (Wildman–Crippen LogP) is 9.23. The Bertz CT molecular complexity index is 1950. The molecule has 1 unspecified atom stereocenters. The highest BCUT2D eigenvalue weighted by molar-refractivity contribution is 8.03. The van der Waals surface area contributed by atoms with Gasteiger partial charge in [0, 0.05) is 52.1 Å². The number of aliphatic hydroxyl groups excluding tert-OH is 1. The van der Waals surface area contributed by atoms with Crippen LogP contribution in [0.4, 0.5) is 11.4 Å². The quantitative estimate of drug-likeness (QED) is 0.171. The molecule has 0 saturated heterocycles. The summed E-state index contributed by atoms with van der Waals surface area (Å²) in [6.07, 6.45) is 9.05. The van der Waals surface area contributed by atoms with Crippen molar-refractivity contribution in [2.24, 2.45) is 0 Å². The van der Waals surface area contributed by atoms with Crippen LogP contribution < -0.4 is 14.4 Å². The number of carbonyl (C=O) groups is 1. The molecule has 1 aromatic heterocycles. The molecule has 6 nitrogen and oxygen atoms in total. The number of thiazole rings is 1. The molecular weight excluding hydrogens is 657 g/mol. The average Bonchev–Trinajstić information content (AvgIpc) is 3.73. The van der Waals surface area contributed by atoms with Gasteiger partial charge in [-0.05, 0) is 98.0 Å². The van der Waals surface area contributed by atoms with Crippen LogP contribution >= 0.6 is 46.3 Å². The molecule has 1 aliphatic carbocycles. The molecule has 0 spiro atoms. The highest BCUT2D eigenvalue weighted by Crippen LogP contribution is 2.47. The number of rotatable bonds is 9. The first kappa shape index (κ1) is 32.4. The number of hydrogen-bond donors (Lipinski definition) is 2. The first-order valence-corrected chi connectivity index (χ1v) is 17.5. The van der Waals surface area contributed by atoms with E-state index in [9.17, 15) is 15.0 Å². The summed E-state index contributed by atoms with van der Waals surface area (Å²) in [5, 5.41) is 23.0. The predicted molar refractivity (Wildman–Crippen MR) is 192 cm³/mol. The van der Waals surface area contributed by atoms with Gasteiger partial charge in [-0.3, -0.25) is 0 Å². The molecule has 0 bridgehead atoms. The molecule has 0 radical (unpaired) electrons. The normalized spacial score (nSPS) is 17.2. The van der Waals surface area contributed by atoms with Crippen LogP contribution in [0.25, 0.3) is 16.3 Å². The Morgan fingerprint density at radius 1 is 1.02 bits per heavy atom. The maximum Gasteiger partial charge on any atom is 0.337 e.